The minimum Gasteiger partial charge on any atom is -0.494 e. The maximum absolute atomic E-state index is 10.6. The van der Waals surface area contributed by atoms with Gasteiger partial charge in [-0.1, -0.05) is 18.2 Å². The van der Waals surface area contributed by atoms with E-state index in [4.69, 9.17) is 9.84 Å². The van der Waals surface area contributed by atoms with E-state index in [1.165, 1.54) is 0 Å². The quantitative estimate of drug-likeness (QED) is 0.874. The first kappa shape index (κ1) is 14.3. The number of hydrogen-bond donors (Lipinski definition) is 1. The zero-order valence-corrected chi connectivity index (χ0v) is 11.7. The zero-order valence-electron chi connectivity index (χ0n) is 11.7. The molecule has 106 valence electrons. The predicted octanol–water partition coefficient (Wildman–Crippen LogP) is 2.15. The molecule has 5 heteroatoms. The Balaban J connectivity index is 2.16. The van der Waals surface area contributed by atoms with E-state index >= 15 is 0 Å². The number of carboxylic acid groups (broad SMARTS) is 1. The van der Waals surface area contributed by atoms with Crippen molar-refractivity contribution in [3.05, 3.63) is 36.0 Å². The van der Waals surface area contributed by atoms with Gasteiger partial charge in [-0.2, -0.15) is 0 Å². The van der Waals surface area contributed by atoms with Crippen molar-refractivity contribution in [2.24, 2.45) is 0 Å². The van der Waals surface area contributed by atoms with Crippen LogP contribution in [0.2, 0.25) is 0 Å². The van der Waals surface area contributed by atoms with Crippen LogP contribution in [0.1, 0.15) is 12.1 Å². The SMILES string of the molecule is COc1cccc2ccc(CN(C)CCC(=O)O)nc12. The lowest BCUT2D eigenvalue weighted by atomic mass is 10.2. The van der Waals surface area contributed by atoms with Crippen molar-refractivity contribution < 1.29 is 14.6 Å². The van der Waals surface area contributed by atoms with Gasteiger partial charge >= 0.3 is 5.97 Å². The summed E-state index contributed by atoms with van der Waals surface area (Å²) < 4.78 is 5.31. The molecule has 1 aromatic carbocycles. The van der Waals surface area contributed by atoms with Crippen LogP contribution in [0, 0.1) is 0 Å². The molecule has 2 aromatic rings. The molecule has 0 saturated heterocycles. The van der Waals surface area contributed by atoms with Crippen LogP contribution in [0.3, 0.4) is 0 Å². The Morgan fingerprint density at radius 1 is 1.35 bits per heavy atom. The van der Waals surface area contributed by atoms with Crippen LogP contribution >= 0.6 is 0 Å². The molecule has 0 aliphatic rings. The van der Waals surface area contributed by atoms with Gasteiger partial charge in [-0.05, 0) is 19.2 Å². The van der Waals surface area contributed by atoms with Gasteiger partial charge in [-0.15, -0.1) is 0 Å². The Bertz CT molecular complexity index is 613. The molecule has 1 heterocycles. The lowest BCUT2D eigenvalue weighted by Crippen LogP contribution is -2.21. The molecule has 20 heavy (non-hydrogen) atoms. The number of ether oxygens (including phenoxy) is 1. The Morgan fingerprint density at radius 2 is 2.15 bits per heavy atom. The molecule has 2 rings (SSSR count). The van der Waals surface area contributed by atoms with Crippen molar-refractivity contribution in [1.29, 1.82) is 0 Å². The summed E-state index contributed by atoms with van der Waals surface area (Å²) in [6.07, 6.45) is 0.132. The first-order valence-electron chi connectivity index (χ1n) is 6.43. The number of benzene rings is 1. The van der Waals surface area contributed by atoms with Crippen molar-refractivity contribution >= 4 is 16.9 Å². The second-order valence-electron chi connectivity index (χ2n) is 4.72. The molecule has 0 bridgehead atoms. The molecule has 0 atom stereocenters. The van der Waals surface area contributed by atoms with Crippen molar-refractivity contribution in [3.63, 3.8) is 0 Å². The molecule has 1 aromatic heterocycles. The number of pyridine rings is 1. The molecular weight excluding hydrogens is 256 g/mol. The molecule has 0 aliphatic carbocycles. The normalized spacial score (nSPS) is 10.9. The number of para-hydroxylation sites is 1. The number of rotatable bonds is 6. The highest BCUT2D eigenvalue weighted by atomic mass is 16.5. The van der Waals surface area contributed by atoms with E-state index in [0.29, 0.717) is 13.1 Å². The van der Waals surface area contributed by atoms with E-state index in [2.05, 4.69) is 4.98 Å². The van der Waals surface area contributed by atoms with E-state index < -0.39 is 5.97 Å². The van der Waals surface area contributed by atoms with Gasteiger partial charge in [0.25, 0.3) is 0 Å². The molecule has 0 amide bonds. The van der Waals surface area contributed by atoms with Gasteiger partial charge < -0.3 is 9.84 Å². The number of methoxy groups -OCH3 is 1. The summed E-state index contributed by atoms with van der Waals surface area (Å²) in [5.41, 5.74) is 1.73. The predicted molar refractivity (Wildman–Crippen MR) is 76.9 cm³/mol. The summed E-state index contributed by atoms with van der Waals surface area (Å²) in [5, 5.41) is 9.71. The van der Waals surface area contributed by atoms with Crippen LogP contribution in [-0.2, 0) is 11.3 Å². The fourth-order valence-electron chi connectivity index (χ4n) is 2.06. The second-order valence-corrected chi connectivity index (χ2v) is 4.72. The topological polar surface area (TPSA) is 62.7 Å². The molecule has 0 aliphatic heterocycles. The summed E-state index contributed by atoms with van der Waals surface area (Å²) >= 11 is 0. The Kier molecular flexibility index (Phi) is 4.53. The molecule has 0 spiro atoms. The average molecular weight is 274 g/mol. The molecule has 5 nitrogen and oxygen atoms in total. The van der Waals surface area contributed by atoms with E-state index in [9.17, 15) is 4.79 Å². The Hall–Kier alpha value is -2.14. The van der Waals surface area contributed by atoms with Gasteiger partial charge in [0, 0.05) is 18.5 Å². The van der Waals surface area contributed by atoms with Crippen LogP contribution in [0.5, 0.6) is 5.75 Å². The van der Waals surface area contributed by atoms with Gasteiger partial charge in [-0.3, -0.25) is 9.69 Å². The summed E-state index contributed by atoms with van der Waals surface area (Å²) in [6.45, 7) is 1.11. The van der Waals surface area contributed by atoms with Gasteiger partial charge in [0.2, 0.25) is 0 Å². The van der Waals surface area contributed by atoms with E-state index in [-0.39, 0.29) is 6.42 Å². The number of carboxylic acids is 1. The largest absolute Gasteiger partial charge is 0.494 e. The van der Waals surface area contributed by atoms with Crippen molar-refractivity contribution in [3.8, 4) is 5.75 Å². The minimum atomic E-state index is -0.787. The number of fused-ring (bicyclic) bond motifs is 1. The van der Waals surface area contributed by atoms with Crippen LogP contribution in [0.4, 0.5) is 0 Å². The highest BCUT2D eigenvalue weighted by Crippen LogP contribution is 2.23. The summed E-state index contributed by atoms with van der Waals surface area (Å²) in [5.74, 6) is -0.0393. The lowest BCUT2D eigenvalue weighted by molar-refractivity contribution is -0.137. The van der Waals surface area contributed by atoms with Crippen LogP contribution in [0.25, 0.3) is 10.9 Å². The van der Waals surface area contributed by atoms with Crippen LogP contribution in [-0.4, -0.2) is 41.7 Å². The van der Waals surface area contributed by atoms with Crippen molar-refractivity contribution in [1.82, 2.24) is 9.88 Å². The molecule has 0 saturated carbocycles. The number of nitrogens with zero attached hydrogens (tertiary/aromatic N) is 2. The fourth-order valence-corrected chi connectivity index (χ4v) is 2.06. The summed E-state index contributed by atoms with van der Waals surface area (Å²) in [4.78, 5) is 17.1. The third-order valence-corrected chi connectivity index (χ3v) is 3.10. The van der Waals surface area contributed by atoms with Crippen LogP contribution < -0.4 is 4.74 Å². The van der Waals surface area contributed by atoms with Gasteiger partial charge in [0.05, 0.1) is 19.2 Å². The van der Waals surface area contributed by atoms with Crippen LogP contribution in [0.15, 0.2) is 30.3 Å². The van der Waals surface area contributed by atoms with E-state index in [0.717, 1.165) is 22.3 Å². The molecule has 0 radical (unpaired) electrons. The molecular formula is C15H18N2O3. The number of aliphatic carboxylic acids is 1. The highest BCUT2D eigenvalue weighted by Gasteiger charge is 2.07. The maximum atomic E-state index is 10.6. The summed E-state index contributed by atoms with van der Waals surface area (Å²) in [6, 6.07) is 9.77. The van der Waals surface area contributed by atoms with Gasteiger partial charge in [0.1, 0.15) is 11.3 Å². The molecule has 0 unspecified atom stereocenters. The number of hydrogen-bond acceptors (Lipinski definition) is 4. The smallest absolute Gasteiger partial charge is 0.304 e. The zero-order chi connectivity index (χ0) is 14.5. The monoisotopic (exact) mass is 274 g/mol. The van der Waals surface area contributed by atoms with Gasteiger partial charge in [-0.25, -0.2) is 4.98 Å². The fraction of sp³-hybridized carbons (Fsp3) is 0.333. The number of aromatic nitrogens is 1. The standard InChI is InChI=1S/C15H18N2O3/c1-17(9-8-14(18)19)10-12-7-6-11-4-3-5-13(20-2)15(11)16-12/h3-7H,8-10H2,1-2H3,(H,18,19). The Labute approximate surface area is 117 Å². The third kappa shape index (κ3) is 3.45. The minimum absolute atomic E-state index is 0.132. The molecule has 0 fully saturated rings. The third-order valence-electron chi connectivity index (χ3n) is 3.10. The molecule has 1 N–H and O–H groups in total. The van der Waals surface area contributed by atoms with Crippen molar-refractivity contribution in [2.75, 3.05) is 20.7 Å². The number of carbonyl (C=O) groups is 1. The summed E-state index contributed by atoms with van der Waals surface area (Å²) in [7, 11) is 3.51. The lowest BCUT2D eigenvalue weighted by Gasteiger charge is -2.15. The first-order chi connectivity index (χ1) is 9.60. The van der Waals surface area contributed by atoms with E-state index in [1.807, 2.05) is 42.3 Å². The second kappa shape index (κ2) is 6.34. The Morgan fingerprint density at radius 3 is 2.85 bits per heavy atom. The van der Waals surface area contributed by atoms with Crippen molar-refractivity contribution in [2.45, 2.75) is 13.0 Å². The first-order valence-corrected chi connectivity index (χ1v) is 6.43. The highest BCUT2D eigenvalue weighted by molar-refractivity contribution is 5.84. The van der Waals surface area contributed by atoms with E-state index in [1.54, 1.807) is 7.11 Å². The maximum Gasteiger partial charge on any atom is 0.304 e. The average Bonchev–Trinajstić information content (AvgIpc) is 2.44. The van der Waals surface area contributed by atoms with Gasteiger partial charge in [0.15, 0.2) is 0 Å².